The Hall–Kier alpha value is -0.820. The molecule has 0 unspecified atom stereocenters. The standard InChI is InChI=1S/C6H10F3NO3/c7-6(8,9)4-13-3-5(12)10-1-2-11/h11H,1-4H2,(H,10,12). The quantitative estimate of drug-likeness (QED) is 0.640. The molecule has 0 saturated heterocycles. The lowest BCUT2D eigenvalue weighted by Gasteiger charge is -2.07. The van der Waals surface area contributed by atoms with Crippen LogP contribution in [-0.2, 0) is 9.53 Å². The molecule has 0 rings (SSSR count). The molecule has 0 bridgehead atoms. The fraction of sp³-hybridized carbons (Fsp3) is 0.833. The van der Waals surface area contributed by atoms with E-state index < -0.39 is 25.3 Å². The molecule has 0 radical (unpaired) electrons. The van der Waals surface area contributed by atoms with Gasteiger partial charge in [0.1, 0.15) is 13.2 Å². The molecule has 0 aromatic heterocycles. The molecule has 7 heteroatoms. The number of rotatable bonds is 5. The van der Waals surface area contributed by atoms with Crippen LogP contribution < -0.4 is 5.32 Å². The highest BCUT2D eigenvalue weighted by molar-refractivity contribution is 5.77. The van der Waals surface area contributed by atoms with Crippen LogP contribution in [0.3, 0.4) is 0 Å². The van der Waals surface area contributed by atoms with Crippen molar-refractivity contribution in [2.45, 2.75) is 6.18 Å². The van der Waals surface area contributed by atoms with E-state index in [0.717, 1.165) is 0 Å². The minimum absolute atomic E-state index is 0.00815. The van der Waals surface area contributed by atoms with E-state index in [0.29, 0.717) is 0 Å². The number of hydrogen-bond acceptors (Lipinski definition) is 3. The minimum atomic E-state index is -4.42. The molecule has 0 atom stereocenters. The van der Waals surface area contributed by atoms with Gasteiger partial charge in [-0.1, -0.05) is 0 Å². The molecular weight excluding hydrogens is 191 g/mol. The summed E-state index contributed by atoms with van der Waals surface area (Å²) in [6.45, 7) is -2.35. The third-order valence-corrected chi connectivity index (χ3v) is 0.933. The summed E-state index contributed by atoms with van der Waals surface area (Å²) in [7, 11) is 0. The van der Waals surface area contributed by atoms with Crippen molar-refractivity contribution in [2.75, 3.05) is 26.4 Å². The van der Waals surface area contributed by atoms with Gasteiger partial charge in [-0.3, -0.25) is 4.79 Å². The average molecular weight is 201 g/mol. The average Bonchev–Trinajstić information content (AvgIpc) is 1.98. The van der Waals surface area contributed by atoms with Crippen molar-refractivity contribution in [3.05, 3.63) is 0 Å². The first-order chi connectivity index (χ1) is 5.95. The van der Waals surface area contributed by atoms with Crippen molar-refractivity contribution in [1.29, 1.82) is 0 Å². The molecule has 0 aliphatic carbocycles. The summed E-state index contributed by atoms with van der Waals surface area (Å²) in [6.07, 6.45) is -4.42. The van der Waals surface area contributed by atoms with Crippen LogP contribution in [0.5, 0.6) is 0 Å². The first-order valence-electron chi connectivity index (χ1n) is 3.48. The van der Waals surface area contributed by atoms with Crippen molar-refractivity contribution in [2.24, 2.45) is 0 Å². The first-order valence-corrected chi connectivity index (χ1v) is 3.48. The van der Waals surface area contributed by atoms with Crippen LogP contribution in [0.15, 0.2) is 0 Å². The van der Waals surface area contributed by atoms with Crippen LogP contribution in [0.4, 0.5) is 13.2 Å². The number of hydrogen-bond donors (Lipinski definition) is 2. The molecule has 0 aromatic carbocycles. The van der Waals surface area contributed by atoms with Crippen molar-refractivity contribution in [3.63, 3.8) is 0 Å². The van der Waals surface area contributed by atoms with Crippen LogP contribution in [0.25, 0.3) is 0 Å². The molecule has 1 amide bonds. The van der Waals surface area contributed by atoms with Crippen molar-refractivity contribution in [3.8, 4) is 0 Å². The fourth-order valence-corrected chi connectivity index (χ4v) is 0.506. The fourth-order valence-electron chi connectivity index (χ4n) is 0.506. The van der Waals surface area contributed by atoms with Crippen molar-refractivity contribution < 1.29 is 27.8 Å². The number of aliphatic hydroxyl groups is 1. The number of ether oxygens (including phenoxy) is 1. The monoisotopic (exact) mass is 201 g/mol. The van der Waals surface area contributed by atoms with Crippen LogP contribution in [-0.4, -0.2) is 43.6 Å². The Kier molecular flexibility index (Phi) is 5.40. The molecule has 0 spiro atoms. The molecule has 0 saturated carbocycles. The molecule has 0 fully saturated rings. The second-order valence-corrected chi connectivity index (χ2v) is 2.18. The molecule has 0 aromatic rings. The molecule has 0 heterocycles. The molecule has 4 nitrogen and oxygen atoms in total. The van der Waals surface area contributed by atoms with Crippen molar-refractivity contribution >= 4 is 5.91 Å². The van der Waals surface area contributed by atoms with Gasteiger partial charge in [0.25, 0.3) is 0 Å². The molecule has 0 aliphatic heterocycles. The zero-order valence-corrected chi connectivity index (χ0v) is 6.73. The third kappa shape index (κ3) is 9.09. The van der Waals surface area contributed by atoms with Crippen LogP contribution >= 0.6 is 0 Å². The van der Waals surface area contributed by atoms with Crippen LogP contribution in [0.1, 0.15) is 0 Å². The lowest BCUT2D eigenvalue weighted by atomic mass is 10.6. The first kappa shape index (κ1) is 12.2. The highest BCUT2D eigenvalue weighted by Crippen LogP contribution is 2.13. The van der Waals surface area contributed by atoms with Gasteiger partial charge < -0.3 is 15.2 Å². The van der Waals surface area contributed by atoms with Gasteiger partial charge in [-0.05, 0) is 0 Å². The Labute approximate surface area is 72.7 Å². The Morgan fingerprint density at radius 3 is 2.54 bits per heavy atom. The van der Waals surface area contributed by atoms with E-state index in [1.165, 1.54) is 0 Å². The highest BCUT2D eigenvalue weighted by Gasteiger charge is 2.27. The lowest BCUT2D eigenvalue weighted by Crippen LogP contribution is -2.31. The number of alkyl halides is 3. The summed E-state index contributed by atoms with van der Waals surface area (Å²) in [6, 6.07) is 0. The number of halogens is 3. The van der Waals surface area contributed by atoms with E-state index in [1.54, 1.807) is 0 Å². The number of carbonyl (C=O) groups is 1. The Balaban J connectivity index is 3.37. The van der Waals surface area contributed by atoms with E-state index >= 15 is 0 Å². The summed E-state index contributed by atoms with van der Waals surface area (Å²) in [5.74, 6) is -0.682. The molecule has 78 valence electrons. The summed E-state index contributed by atoms with van der Waals surface area (Å²) >= 11 is 0. The highest BCUT2D eigenvalue weighted by atomic mass is 19.4. The van der Waals surface area contributed by atoms with E-state index in [-0.39, 0.29) is 13.2 Å². The second-order valence-electron chi connectivity index (χ2n) is 2.18. The smallest absolute Gasteiger partial charge is 0.395 e. The topological polar surface area (TPSA) is 58.6 Å². The second kappa shape index (κ2) is 5.76. The van der Waals surface area contributed by atoms with Crippen LogP contribution in [0, 0.1) is 0 Å². The minimum Gasteiger partial charge on any atom is -0.395 e. The van der Waals surface area contributed by atoms with Gasteiger partial charge in [-0.2, -0.15) is 13.2 Å². The maximum atomic E-state index is 11.5. The number of amides is 1. The molecule has 0 aliphatic rings. The van der Waals surface area contributed by atoms with Crippen molar-refractivity contribution in [1.82, 2.24) is 5.32 Å². The zero-order chi connectivity index (χ0) is 10.3. The van der Waals surface area contributed by atoms with Gasteiger partial charge in [0.15, 0.2) is 0 Å². The summed E-state index contributed by atoms with van der Waals surface area (Å²) in [4.78, 5) is 10.6. The van der Waals surface area contributed by atoms with Gasteiger partial charge in [-0.25, -0.2) is 0 Å². The third-order valence-electron chi connectivity index (χ3n) is 0.933. The van der Waals surface area contributed by atoms with Gasteiger partial charge in [-0.15, -0.1) is 0 Å². The summed E-state index contributed by atoms with van der Waals surface area (Å²) in [5.41, 5.74) is 0. The summed E-state index contributed by atoms with van der Waals surface area (Å²) < 4.78 is 38.4. The van der Waals surface area contributed by atoms with Gasteiger partial charge in [0.05, 0.1) is 6.61 Å². The van der Waals surface area contributed by atoms with E-state index in [4.69, 9.17) is 5.11 Å². The maximum Gasteiger partial charge on any atom is 0.411 e. The van der Waals surface area contributed by atoms with E-state index in [2.05, 4.69) is 10.1 Å². The maximum absolute atomic E-state index is 11.5. The van der Waals surface area contributed by atoms with Gasteiger partial charge in [0, 0.05) is 6.54 Å². The molecule has 2 N–H and O–H groups in total. The number of carbonyl (C=O) groups excluding carboxylic acids is 1. The SMILES string of the molecule is O=C(COCC(F)(F)F)NCCO. The predicted molar refractivity (Wildman–Crippen MR) is 37.0 cm³/mol. The molecular formula is C6H10F3NO3. The lowest BCUT2D eigenvalue weighted by molar-refractivity contribution is -0.175. The molecule has 13 heavy (non-hydrogen) atoms. The zero-order valence-electron chi connectivity index (χ0n) is 6.73. The van der Waals surface area contributed by atoms with E-state index in [9.17, 15) is 18.0 Å². The van der Waals surface area contributed by atoms with Gasteiger partial charge >= 0.3 is 6.18 Å². The normalized spacial score (nSPS) is 11.4. The van der Waals surface area contributed by atoms with Crippen LogP contribution in [0.2, 0.25) is 0 Å². The number of nitrogens with one attached hydrogen (secondary N) is 1. The number of aliphatic hydroxyl groups excluding tert-OH is 1. The Bertz CT molecular complexity index is 160. The Morgan fingerprint density at radius 2 is 2.08 bits per heavy atom. The van der Waals surface area contributed by atoms with Gasteiger partial charge in [0.2, 0.25) is 5.91 Å². The largest absolute Gasteiger partial charge is 0.411 e. The summed E-state index contributed by atoms with van der Waals surface area (Å²) in [5, 5.41) is 10.4. The Morgan fingerprint density at radius 1 is 1.46 bits per heavy atom. The predicted octanol–water partition coefficient (Wildman–Crippen LogP) is -0.326. The van der Waals surface area contributed by atoms with E-state index in [1.807, 2.05) is 0 Å².